The average Bonchev–Trinajstić information content (AvgIpc) is 2.94. The smallest absolute Gasteiger partial charge is 0.192 e. The Kier molecular flexibility index (Phi) is 5.03. The molecule has 0 aliphatic heterocycles. The van der Waals surface area contributed by atoms with Gasteiger partial charge in [0.1, 0.15) is 4.21 Å². The van der Waals surface area contributed by atoms with Crippen molar-refractivity contribution in [2.45, 2.75) is 55.0 Å². The van der Waals surface area contributed by atoms with Crippen LogP contribution in [0, 0.1) is 5.92 Å². The molecule has 0 spiro atoms. The molecule has 0 bridgehead atoms. The Hall–Kier alpha value is -0.390. The van der Waals surface area contributed by atoms with E-state index in [1.165, 1.54) is 11.3 Å². The van der Waals surface area contributed by atoms with Crippen molar-refractivity contribution in [2.24, 2.45) is 5.92 Å². The van der Waals surface area contributed by atoms with E-state index < -0.39 is 9.84 Å². The van der Waals surface area contributed by atoms with Crippen LogP contribution in [0.1, 0.15) is 39.5 Å². The summed E-state index contributed by atoms with van der Waals surface area (Å²) in [5, 5.41) is 4.96. The Morgan fingerprint density at radius 3 is 2.74 bits per heavy atom. The minimum Gasteiger partial charge on any atom is -0.313 e. The molecule has 1 heterocycles. The van der Waals surface area contributed by atoms with Crippen molar-refractivity contribution in [1.29, 1.82) is 0 Å². The summed E-state index contributed by atoms with van der Waals surface area (Å²) in [4.78, 5) is 0. The van der Waals surface area contributed by atoms with Crippen molar-refractivity contribution in [2.75, 3.05) is 6.54 Å². The lowest BCUT2D eigenvalue weighted by molar-refractivity contribution is 0.290. The maximum Gasteiger partial charge on any atom is 0.192 e. The van der Waals surface area contributed by atoms with Gasteiger partial charge in [-0.3, -0.25) is 0 Å². The van der Waals surface area contributed by atoms with Gasteiger partial charge >= 0.3 is 0 Å². The van der Waals surface area contributed by atoms with Crippen molar-refractivity contribution >= 4 is 21.2 Å². The summed E-state index contributed by atoms with van der Waals surface area (Å²) >= 11 is 1.34. The molecule has 3 atom stereocenters. The van der Waals surface area contributed by atoms with E-state index >= 15 is 0 Å². The molecule has 5 heteroatoms. The zero-order valence-corrected chi connectivity index (χ0v) is 13.3. The molecule has 1 aromatic heterocycles. The Morgan fingerprint density at radius 2 is 2.16 bits per heavy atom. The number of nitrogens with one attached hydrogen (secondary N) is 1. The van der Waals surface area contributed by atoms with Crippen LogP contribution >= 0.6 is 11.3 Å². The van der Waals surface area contributed by atoms with E-state index in [9.17, 15) is 8.42 Å². The van der Waals surface area contributed by atoms with Gasteiger partial charge in [-0.25, -0.2) is 8.42 Å². The maximum atomic E-state index is 12.8. The van der Waals surface area contributed by atoms with Crippen molar-refractivity contribution in [3.63, 3.8) is 0 Å². The highest BCUT2D eigenvalue weighted by Crippen LogP contribution is 2.35. The summed E-state index contributed by atoms with van der Waals surface area (Å²) < 4.78 is 26.1. The molecule has 0 radical (unpaired) electrons. The van der Waals surface area contributed by atoms with Crippen LogP contribution in [0.2, 0.25) is 0 Å². The predicted octanol–water partition coefficient (Wildman–Crippen LogP) is 3.08. The summed E-state index contributed by atoms with van der Waals surface area (Å²) in [6.07, 6.45) is 4.00. The Labute approximate surface area is 120 Å². The van der Waals surface area contributed by atoms with Crippen molar-refractivity contribution in [1.82, 2.24) is 5.32 Å². The normalized spacial score (nSPS) is 28.4. The Bertz CT molecular complexity index is 482. The van der Waals surface area contributed by atoms with Crippen LogP contribution in [-0.4, -0.2) is 26.3 Å². The molecule has 2 rings (SSSR count). The van der Waals surface area contributed by atoms with Gasteiger partial charge in [-0.15, -0.1) is 11.3 Å². The molecule has 1 aliphatic rings. The third-order valence-electron chi connectivity index (χ3n) is 4.12. The average molecular weight is 301 g/mol. The van der Waals surface area contributed by atoms with Gasteiger partial charge in [0.15, 0.2) is 9.84 Å². The lowest BCUT2D eigenvalue weighted by Crippen LogP contribution is -2.47. The number of thiophene rings is 1. The van der Waals surface area contributed by atoms with Gasteiger partial charge in [0.2, 0.25) is 0 Å². The summed E-state index contributed by atoms with van der Waals surface area (Å²) in [6.45, 7) is 5.03. The number of rotatable bonds is 5. The lowest BCUT2D eigenvalue weighted by atomic mass is 9.84. The number of hydrogen-bond acceptors (Lipinski definition) is 4. The summed E-state index contributed by atoms with van der Waals surface area (Å²) in [6, 6.07) is 3.67. The van der Waals surface area contributed by atoms with Crippen molar-refractivity contribution < 1.29 is 8.42 Å². The van der Waals surface area contributed by atoms with E-state index in [1.54, 1.807) is 6.07 Å². The molecular weight excluding hydrogens is 278 g/mol. The van der Waals surface area contributed by atoms with E-state index in [4.69, 9.17) is 0 Å². The summed E-state index contributed by atoms with van der Waals surface area (Å²) in [5.41, 5.74) is 0. The first-order valence-electron chi connectivity index (χ1n) is 7.10. The molecule has 1 N–H and O–H groups in total. The maximum absolute atomic E-state index is 12.8. The molecule has 0 amide bonds. The molecule has 1 aromatic rings. The topological polar surface area (TPSA) is 46.2 Å². The largest absolute Gasteiger partial charge is 0.313 e. The van der Waals surface area contributed by atoms with Crippen LogP contribution in [-0.2, 0) is 9.84 Å². The van der Waals surface area contributed by atoms with Gasteiger partial charge in [0.05, 0.1) is 5.25 Å². The second-order valence-electron chi connectivity index (χ2n) is 5.27. The first-order valence-corrected chi connectivity index (χ1v) is 9.53. The van der Waals surface area contributed by atoms with Gasteiger partial charge in [-0.05, 0) is 43.2 Å². The van der Waals surface area contributed by atoms with E-state index in [0.717, 1.165) is 32.2 Å². The fraction of sp³-hybridized carbons (Fsp3) is 0.714. The number of hydrogen-bond donors (Lipinski definition) is 1. The third kappa shape index (κ3) is 3.20. The molecule has 1 fully saturated rings. The zero-order valence-electron chi connectivity index (χ0n) is 11.6. The summed E-state index contributed by atoms with van der Waals surface area (Å²) in [5.74, 6) is 0.551. The lowest BCUT2D eigenvalue weighted by Gasteiger charge is -2.35. The van der Waals surface area contributed by atoms with Crippen LogP contribution in [0.4, 0.5) is 0 Å². The van der Waals surface area contributed by atoms with Crippen LogP contribution in [0.25, 0.3) is 0 Å². The minimum absolute atomic E-state index is 0.111. The van der Waals surface area contributed by atoms with Crippen LogP contribution in [0.3, 0.4) is 0 Å². The fourth-order valence-corrected chi connectivity index (χ4v) is 6.28. The summed E-state index contributed by atoms with van der Waals surface area (Å²) in [7, 11) is -3.18. The van der Waals surface area contributed by atoms with E-state index in [1.807, 2.05) is 18.4 Å². The Morgan fingerprint density at radius 1 is 1.37 bits per heavy atom. The quantitative estimate of drug-likeness (QED) is 0.909. The molecule has 3 unspecified atom stereocenters. The van der Waals surface area contributed by atoms with Crippen LogP contribution in [0.5, 0.6) is 0 Å². The van der Waals surface area contributed by atoms with Gasteiger partial charge in [-0.2, -0.15) is 0 Å². The third-order valence-corrected chi connectivity index (χ3v) is 7.78. The minimum atomic E-state index is -3.18. The molecular formula is C14H23NO2S2. The Balaban J connectivity index is 2.26. The predicted molar refractivity (Wildman–Crippen MR) is 80.4 cm³/mol. The first kappa shape index (κ1) is 15.0. The highest BCUT2D eigenvalue weighted by Gasteiger charge is 2.39. The van der Waals surface area contributed by atoms with Gasteiger partial charge < -0.3 is 5.32 Å². The molecule has 108 valence electrons. The molecule has 0 saturated heterocycles. The van der Waals surface area contributed by atoms with E-state index in [-0.39, 0.29) is 11.3 Å². The first-order chi connectivity index (χ1) is 9.09. The van der Waals surface area contributed by atoms with Crippen molar-refractivity contribution in [3.8, 4) is 0 Å². The van der Waals surface area contributed by atoms with E-state index in [0.29, 0.717) is 10.1 Å². The van der Waals surface area contributed by atoms with Crippen molar-refractivity contribution in [3.05, 3.63) is 17.5 Å². The molecule has 0 aromatic carbocycles. The standard InChI is InChI=1S/C14H23NO2S2/c1-3-11-7-8-12(15-4-2)13(10-11)19(16,17)14-6-5-9-18-14/h5-6,9,11-13,15H,3-4,7-8,10H2,1-2H3. The molecule has 3 nitrogen and oxygen atoms in total. The molecule has 1 aliphatic carbocycles. The van der Waals surface area contributed by atoms with Gasteiger partial charge in [0.25, 0.3) is 0 Å². The van der Waals surface area contributed by atoms with Crippen LogP contribution in [0.15, 0.2) is 21.7 Å². The zero-order chi connectivity index (χ0) is 13.9. The molecule has 19 heavy (non-hydrogen) atoms. The molecule has 1 saturated carbocycles. The van der Waals surface area contributed by atoms with E-state index in [2.05, 4.69) is 12.2 Å². The van der Waals surface area contributed by atoms with Crippen LogP contribution < -0.4 is 5.32 Å². The highest BCUT2D eigenvalue weighted by molar-refractivity contribution is 7.94. The van der Waals surface area contributed by atoms with Gasteiger partial charge in [-0.1, -0.05) is 26.3 Å². The fourth-order valence-electron chi connectivity index (χ4n) is 3.00. The second-order valence-corrected chi connectivity index (χ2v) is 8.61. The highest BCUT2D eigenvalue weighted by atomic mass is 32.2. The van der Waals surface area contributed by atoms with Gasteiger partial charge in [0, 0.05) is 6.04 Å². The second kappa shape index (κ2) is 6.37. The monoisotopic (exact) mass is 301 g/mol. The SMILES string of the molecule is CCNC1CCC(CC)CC1S(=O)(=O)c1cccs1. The number of sulfone groups is 1.